The summed E-state index contributed by atoms with van der Waals surface area (Å²) in [6.45, 7) is 1.29. The summed E-state index contributed by atoms with van der Waals surface area (Å²) in [6.07, 6.45) is 0.498. The average molecular weight is 259 g/mol. The Morgan fingerprint density at radius 3 is 2.56 bits per heavy atom. The number of amides is 3. The van der Waals surface area contributed by atoms with Crippen LogP contribution in [0.1, 0.15) is 13.3 Å². The summed E-state index contributed by atoms with van der Waals surface area (Å²) in [4.78, 5) is 34.6. The number of carboxylic acids is 1. The van der Waals surface area contributed by atoms with E-state index in [-0.39, 0.29) is 12.5 Å². The number of nitrogens with zero attached hydrogens (tertiary/aromatic N) is 1. The third-order valence-corrected chi connectivity index (χ3v) is 2.92. The van der Waals surface area contributed by atoms with Crippen LogP contribution in [0.5, 0.6) is 0 Å². The van der Waals surface area contributed by atoms with Crippen LogP contribution in [0.25, 0.3) is 0 Å². The predicted molar refractivity (Wildman–Crippen MR) is 60.5 cm³/mol. The van der Waals surface area contributed by atoms with Crippen LogP contribution in [-0.2, 0) is 9.59 Å². The van der Waals surface area contributed by atoms with Crippen LogP contribution in [0.4, 0.5) is 4.79 Å². The third-order valence-electron chi connectivity index (χ3n) is 2.92. The number of aliphatic hydroxyl groups is 1. The maximum atomic E-state index is 11.6. The van der Waals surface area contributed by atoms with Gasteiger partial charge >= 0.3 is 12.0 Å². The Balaban J connectivity index is 2.44. The first-order valence-electron chi connectivity index (χ1n) is 5.52. The van der Waals surface area contributed by atoms with Gasteiger partial charge in [0, 0.05) is 13.1 Å². The summed E-state index contributed by atoms with van der Waals surface area (Å²) in [5, 5.41) is 20.4. The molecule has 8 nitrogen and oxygen atoms in total. The fourth-order valence-corrected chi connectivity index (χ4v) is 1.61. The normalized spacial score (nSPS) is 22.3. The number of aliphatic carboxylic acids is 1. The van der Waals surface area contributed by atoms with E-state index in [9.17, 15) is 19.5 Å². The lowest BCUT2D eigenvalue weighted by Gasteiger charge is -2.22. The zero-order valence-electron chi connectivity index (χ0n) is 10.0. The molecule has 102 valence electrons. The van der Waals surface area contributed by atoms with Crippen LogP contribution in [0.2, 0.25) is 0 Å². The second-order valence-corrected chi connectivity index (χ2v) is 4.57. The minimum atomic E-state index is -2.02. The summed E-state index contributed by atoms with van der Waals surface area (Å²) in [5.41, 5.74) is 3.11. The van der Waals surface area contributed by atoms with Crippen molar-refractivity contribution in [2.45, 2.75) is 18.9 Å². The van der Waals surface area contributed by atoms with Gasteiger partial charge in [0.1, 0.15) is 0 Å². The molecule has 0 aliphatic carbocycles. The number of likely N-dealkylation sites (tertiary alicyclic amines) is 1. The van der Waals surface area contributed by atoms with Gasteiger partial charge in [0.2, 0.25) is 5.91 Å². The van der Waals surface area contributed by atoms with Gasteiger partial charge in [-0.2, -0.15) is 0 Å². The summed E-state index contributed by atoms with van der Waals surface area (Å²) in [7, 11) is 0. The molecule has 1 saturated heterocycles. The number of nitrogens with one attached hydrogen (secondary N) is 1. The fraction of sp³-hybridized carbons (Fsp3) is 0.700. The third kappa shape index (κ3) is 3.33. The standard InChI is InChI=1S/C10H17N3O5/c1-10(18,8(15)16)5-12-9(17)13-3-2-6(4-13)7(11)14/h6,18H,2-5H2,1H3,(H2,11,14)(H,12,17)(H,15,16). The van der Waals surface area contributed by atoms with E-state index in [1.807, 2.05) is 0 Å². The van der Waals surface area contributed by atoms with E-state index < -0.39 is 30.1 Å². The van der Waals surface area contributed by atoms with Crippen LogP contribution in [-0.4, -0.2) is 58.3 Å². The molecule has 2 unspecified atom stereocenters. The minimum absolute atomic E-state index is 0.219. The molecule has 0 aromatic heterocycles. The summed E-state index contributed by atoms with van der Waals surface area (Å²) in [5.74, 6) is -2.24. The van der Waals surface area contributed by atoms with E-state index in [1.54, 1.807) is 0 Å². The smallest absolute Gasteiger partial charge is 0.337 e. The highest BCUT2D eigenvalue weighted by molar-refractivity contribution is 5.81. The van der Waals surface area contributed by atoms with Gasteiger partial charge in [-0.1, -0.05) is 0 Å². The number of carboxylic acid groups (broad SMARTS) is 1. The van der Waals surface area contributed by atoms with Gasteiger partial charge < -0.3 is 26.2 Å². The number of hydrogen-bond donors (Lipinski definition) is 4. The van der Waals surface area contributed by atoms with Crippen molar-refractivity contribution in [3.63, 3.8) is 0 Å². The Morgan fingerprint density at radius 1 is 1.50 bits per heavy atom. The van der Waals surface area contributed by atoms with Gasteiger partial charge in [-0.25, -0.2) is 9.59 Å². The maximum Gasteiger partial charge on any atom is 0.337 e. The first-order chi connectivity index (χ1) is 8.24. The van der Waals surface area contributed by atoms with Crippen molar-refractivity contribution in [3.8, 4) is 0 Å². The number of urea groups is 1. The van der Waals surface area contributed by atoms with Crippen LogP contribution < -0.4 is 11.1 Å². The molecule has 18 heavy (non-hydrogen) atoms. The molecule has 1 rings (SSSR count). The molecule has 1 aliphatic rings. The fourth-order valence-electron chi connectivity index (χ4n) is 1.61. The number of carbonyl (C=O) groups excluding carboxylic acids is 2. The molecule has 5 N–H and O–H groups in total. The summed E-state index contributed by atoms with van der Waals surface area (Å²) in [6, 6.07) is -0.514. The second-order valence-electron chi connectivity index (χ2n) is 4.57. The summed E-state index contributed by atoms with van der Waals surface area (Å²) >= 11 is 0. The molecular weight excluding hydrogens is 242 g/mol. The van der Waals surface area contributed by atoms with Crippen LogP contribution in [0.15, 0.2) is 0 Å². The van der Waals surface area contributed by atoms with Crippen molar-refractivity contribution in [2.24, 2.45) is 11.7 Å². The van der Waals surface area contributed by atoms with Crippen molar-refractivity contribution in [1.82, 2.24) is 10.2 Å². The number of rotatable bonds is 4. The Kier molecular flexibility index (Phi) is 4.12. The van der Waals surface area contributed by atoms with E-state index in [0.717, 1.165) is 6.92 Å². The van der Waals surface area contributed by atoms with E-state index in [4.69, 9.17) is 10.8 Å². The number of nitrogens with two attached hydrogens (primary N) is 1. The molecule has 1 heterocycles. The van der Waals surface area contributed by atoms with Crippen molar-refractivity contribution in [3.05, 3.63) is 0 Å². The maximum absolute atomic E-state index is 11.6. The Morgan fingerprint density at radius 2 is 2.11 bits per heavy atom. The van der Waals surface area contributed by atoms with Crippen LogP contribution in [0, 0.1) is 5.92 Å². The van der Waals surface area contributed by atoms with Gasteiger partial charge in [0.15, 0.2) is 5.60 Å². The first kappa shape index (κ1) is 14.2. The lowest BCUT2D eigenvalue weighted by atomic mass is 10.1. The van der Waals surface area contributed by atoms with Gasteiger partial charge in [-0.15, -0.1) is 0 Å². The van der Waals surface area contributed by atoms with Crippen LogP contribution >= 0.6 is 0 Å². The van der Waals surface area contributed by atoms with Gasteiger partial charge in [-0.05, 0) is 13.3 Å². The second kappa shape index (κ2) is 5.21. The molecule has 3 amide bonds. The highest BCUT2D eigenvalue weighted by Crippen LogP contribution is 2.15. The molecule has 0 aromatic carbocycles. The van der Waals surface area contributed by atoms with E-state index in [2.05, 4.69) is 5.32 Å². The van der Waals surface area contributed by atoms with Crippen molar-refractivity contribution in [1.29, 1.82) is 0 Å². The van der Waals surface area contributed by atoms with Crippen molar-refractivity contribution < 1.29 is 24.6 Å². The zero-order valence-corrected chi connectivity index (χ0v) is 10.0. The Bertz CT molecular complexity index is 369. The van der Waals surface area contributed by atoms with Gasteiger partial charge in [0.05, 0.1) is 12.5 Å². The van der Waals surface area contributed by atoms with Gasteiger partial charge in [0.25, 0.3) is 0 Å². The zero-order chi connectivity index (χ0) is 13.9. The Labute approximate surface area is 104 Å². The number of primary amides is 1. The van der Waals surface area contributed by atoms with E-state index >= 15 is 0 Å². The predicted octanol–water partition coefficient (Wildman–Crippen LogP) is -1.66. The largest absolute Gasteiger partial charge is 0.479 e. The highest BCUT2D eigenvalue weighted by atomic mass is 16.4. The first-order valence-corrected chi connectivity index (χ1v) is 5.52. The number of carbonyl (C=O) groups is 3. The molecule has 2 atom stereocenters. The molecule has 8 heteroatoms. The lowest BCUT2D eigenvalue weighted by molar-refractivity contribution is -0.155. The monoisotopic (exact) mass is 259 g/mol. The van der Waals surface area contributed by atoms with Crippen molar-refractivity contribution >= 4 is 17.9 Å². The van der Waals surface area contributed by atoms with E-state index in [0.29, 0.717) is 13.0 Å². The van der Waals surface area contributed by atoms with Gasteiger partial charge in [-0.3, -0.25) is 4.79 Å². The summed E-state index contributed by atoms with van der Waals surface area (Å²) < 4.78 is 0. The molecule has 1 aliphatic heterocycles. The molecule has 0 radical (unpaired) electrons. The molecule has 1 fully saturated rings. The highest BCUT2D eigenvalue weighted by Gasteiger charge is 2.33. The topological polar surface area (TPSA) is 133 Å². The molecule has 0 bridgehead atoms. The SMILES string of the molecule is CC(O)(CNC(=O)N1CCC(C(N)=O)C1)C(=O)O. The minimum Gasteiger partial charge on any atom is -0.479 e. The van der Waals surface area contributed by atoms with E-state index in [1.165, 1.54) is 4.90 Å². The quantitative estimate of drug-likeness (QED) is 0.479. The molecule has 0 saturated carbocycles. The van der Waals surface area contributed by atoms with Crippen molar-refractivity contribution in [2.75, 3.05) is 19.6 Å². The Hall–Kier alpha value is -1.83. The molecular formula is C10H17N3O5. The van der Waals surface area contributed by atoms with Crippen LogP contribution in [0.3, 0.4) is 0 Å². The number of hydrogen-bond acceptors (Lipinski definition) is 4. The molecule has 0 spiro atoms. The molecule has 0 aromatic rings. The lowest BCUT2D eigenvalue weighted by Crippen LogP contribution is -2.49. The average Bonchev–Trinajstić information content (AvgIpc) is 2.75.